The van der Waals surface area contributed by atoms with Gasteiger partial charge in [-0.25, -0.2) is 9.78 Å². The molecule has 0 bridgehead atoms. The van der Waals surface area contributed by atoms with Crippen LogP contribution in [0.5, 0.6) is 0 Å². The van der Waals surface area contributed by atoms with Gasteiger partial charge in [0.05, 0.1) is 0 Å². The molecule has 0 saturated carbocycles. The molecule has 144 valence electrons. The highest BCUT2D eigenvalue weighted by Gasteiger charge is 2.14. The number of carbonyl (C=O) groups is 2. The summed E-state index contributed by atoms with van der Waals surface area (Å²) in [6.07, 6.45) is 0. The van der Waals surface area contributed by atoms with Gasteiger partial charge >= 0.3 is 5.97 Å². The Kier molecular flexibility index (Phi) is 6.75. The summed E-state index contributed by atoms with van der Waals surface area (Å²) in [5, 5.41) is 8.15. The van der Waals surface area contributed by atoms with Gasteiger partial charge in [-0.1, -0.05) is 54.6 Å². The quantitative estimate of drug-likeness (QED) is 0.570. The Labute approximate surface area is 167 Å². The molecule has 6 nitrogen and oxygen atoms in total. The van der Waals surface area contributed by atoms with E-state index in [9.17, 15) is 9.59 Å². The number of aromatic nitrogens is 1. The Morgan fingerprint density at radius 3 is 2.57 bits per heavy atom. The predicted molar refractivity (Wildman–Crippen MR) is 109 cm³/mol. The zero-order chi connectivity index (χ0) is 19.8. The lowest BCUT2D eigenvalue weighted by Gasteiger charge is -2.08. The molecule has 3 rings (SSSR count). The number of amides is 1. The standard InChI is InChI=1S/C21H21N3O3S/c1-15-7-5-6-10-17(15)12-22-19(25)13-27-20(26)18-14-28-21(24-18)23-11-16-8-3-2-4-9-16/h2-10,14H,11-13H2,1H3,(H,22,25)(H,23,24). The SMILES string of the molecule is Cc1ccccc1CNC(=O)COC(=O)c1csc(NCc2ccccc2)n1. The first-order valence-electron chi connectivity index (χ1n) is 8.83. The normalized spacial score (nSPS) is 10.3. The summed E-state index contributed by atoms with van der Waals surface area (Å²) in [6.45, 7) is 2.65. The number of ether oxygens (including phenoxy) is 1. The second-order valence-corrected chi connectivity index (χ2v) is 7.01. The molecule has 1 aromatic heterocycles. The van der Waals surface area contributed by atoms with Crippen molar-refractivity contribution in [3.63, 3.8) is 0 Å². The van der Waals surface area contributed by atoms with Crippen LogP contribution in [-0.2, 0) is 22.6 Å². The number of aryl methyl sites for hydroxylation is 1. The number of carbonyl (C=O) groups excluding carboxylic acids is 2. The molecule has 0 aliphatic carbocycles. The van der Waals surface area contributed by atoms with Gasteiger partial charge in [-0.05, 0) is 23.6 Å². The number of hydrogen-bond donors (Lipinski definition) is 2. The molecule has 3 aromatic rings. The lowest BCUT2D eigenvalue weighted by molar-refractivity contribution is -0.124. The van der Waals surface area contributed by atoms with Crippen molar-refractivity contribution in [2.75, 3.05) is 11.9 Å². The van der Waals surface area contributed by atoms with Crippen LogP contribution >= 0.6 is 11.3 Å². The molecule has 0 radical (unpaired) electrons. The third kappa shape index (κ3) is 5.65. The number of nitrogens with one attached hydrogen (secondary N) is 2. The predicted octanol–water partition coefficient (Wildman–Crippen LogP) is 3.54. The van der Waals surface area contributed by atoms with Gasteiger partial charge in [0.2, 0.25) is 0 Å². The van der Waals surface area contributed by atoms with Crippen LogP contribution in [0.15, 0.2) is 60.0 Å². The number of rotatable bonds is 8. The molecule has 0 aliphatic rings. The van der Waals surface area contributed by atoms with E-state index in [1.807, 2.05) is 61.5 Å². The highest BCUT2D eigenvalue weighted by atomic mass is 32.1. The van der Waals surface area contributed by atoms with Crippen LogP contribution in [0.4, 0.5) is 5.13 Å². The maximum Gasteiger partial charge on any atom is 0.358 e. The minimum Gasteiger partial charge on any atom is -0.451 e. The number of esters is 1. The molecule has 0 unspecified atom stereocenters. The van der Waals surface area contributed by atoms with E-state index >= 15 is 0 Å². The van der Waals surface area contributed by atoms with Crippen molar-refractivity contribution in [1.82, 2.24) is 10.3 Å². The summed E-state index contributed by atoms with van der Waals surface area (Å²) in [6, 6.07) is 17.7. The molecule has 0 fully saturated rings. The zero-order valence-corrected chi connectivity index (χ0v) is 16.3. The van der Waals surface area contributed by atoms with Gasteiger partial charge in [-0.15, -0.1) is 11.3 Å². The van der Waals surface area contributed by atoms with E-state index < -0.39 is 5.97 Å². The van der Waals surface area contributed by atoms with Gasteiger partial charge in [0, 0.05) is 18.5 Å². The fraction of sp³-hybridized carbons (Fsp3) is 0.190. The van der Waals surface area contributed by atoms with Crippen LogP contribution in [0, 0.1) is 6.92 Å². The van der Waals surface area contributed by atoms with Gasteiger partial charge in [0.15, 0.2) is 17.4 Å². The van der Waals surface area contributed by atoms with E-state index in [0.29, 0.717) is 18.2 Å². The smallest absolute Gasteiger partial charge is 0.358 e. The molecule has 0 spiro atoms. The van der Waals surface area contributed by atoms with E-state index in [0.717, 1.165) is 16.7 Å². The maximum absolute atomic E-state index is 12.1. The Balaban J connectivity index is 1.42. The van der Waals surface area contributed by atoms with Crippen LogP contribution in [0.1, 0.15) is 27.2 Å². The lowest BCUT2D eigenvalue weighted by atomic mass is 10.1. The monoisotopic (exact) mass is 395 g/mol. The fourth-order valence-electron chi connectivity index (χ4n) is 2.48. The summed E-state index contributed by atoms with van der Waals surface area (Å²) < 4.78 is 5.05. The first-order chi connectivity index (χ1) is 13.6. The van der Waals surface area contributed by atoms with Gasteiger partial charge in [-0.2, -0.15) is 0 Å². The van der Waals surface area contributed by atoms with E-state index in [1.165, 1.54) is 11.3 Å². The minimum absolute atomic E-state index is 0.187. The van der Waals surface area contributed by atoms with Gasteiger partial charge < -0.3 is 15.4 Å². The number of benzene rings is 2. The van der Waals surface area contributed by atoms with Crippen LogP contribution in [0.2, 0.25) is 0 Å². The van der Waals surface area contributed by atoms with Gasteiger partial charge in [-0.3, -0.25) is 4.79 Å². The van der Waals surface area contributed by atoms with Crippen molar-refractivity contribution in [2.45, 2.75) is 20.0 Å². The lowest BCUT2D eigenvalue weighted by Crippen LogP contribution is -2.28. The second-order valence-electron chi connectivity index (χ2n) is 6.16. The van der Waals surface area contributed by atoms with Crippen LogP contribution < -0.4 is 10.6 Å². The Bertz CT molecular complexity index is 941. The number of thiazole rings is 1. The summed E-state index contributed by atoms with van der Waals surface area (Å²) in [7, 11) is 0. The molecule has 2 N–H and O–H groups in total. The topological polar surface area (TPSA) is 80.3 Å². The largest absolute Gasteiger partial charge is 0.451 e. The third-order valence-electron chi connectivity index (χ3n) is 4.07. The molecule has 0 saturated heterocycles. The number of hydrogen-bond acceptors (Lipinski definition) is 6. The molecule has 0 atom stereocenters. The van der Waals surface area contributed by atoms with E-state index in [-0.39, 0.29) is 18.2 Å². The van der Waals surface area contributed by atoms with Crippen molar-refractivity contribution < 1.29 is 14.3 Å². The Hall–Kier alpha value is -3.19. The fourth-order valence-corrected chi connectivity index (χ4v) is 3.16. The average Bonchev–Trinajstić information content (AvgIpc) is 3.20. The van der Waals surface area contributed by atoms with Gasteiger partial charge in [0.25, 0.3) is 5.91 Å². The zero-order valence-electron chi connectivity index (χ0n) is 15.5. The van der Waals surface area contributed by atoms with Crippen molar-refractivity contribution in [1.29, 1.82) is 0 Å². The van der Waals surface area contributed by atoms with Crippen molar-refractivity contribution >= 4 is 28.3 Å². The summed E-state index contributed by atoms with van der Waals surface area (Å²) >= 11 is 1.32. The Morgan fingerprint density at radius 2 is 1.79 bits per heavy atom. The third-order valence-corrected chi connectivity index (χ3v) is 4.87. The molecule has 0 aliphatic heterocycles. The van der Waals surface area contributed by atoms with E-state index in [2.05, 4.69) is 15.6 Å². The average molecular weight is 395 g/mol. The molecule has 28 heavy (non-hydrogen) atoms. The first kappa shape index (κ1) is 19.6. The molecule has 1 amide bonds. The summed E-state index contributed by atoms with van der Waals surface area (Å²) in [5.74, 6) is -0.968. The first-order valence-corrected chi connectivity index (χ1v) is 9.71. The minimum atomic E-state index is -0.616. The van der Waals surface area contributed by atoms with Crippen LogP contribution in [0.25, 0.3) is 0 Å². The van der Waals surface area contributed by atoms with Crippen molar-refractivity contribution in [3.05, 3.63) is 82.4 Å². The highest BCUT2D eigenvalue weighted by Crippen LogP contribution is 2.17. The van der Waals surface area contributed by atoms with Gasteiger partial charge in [0.1, 0.15) is 0 Å². The molecular formula is C21H21N3O3S. The number of nitrogens with zero attached hydrogens (tertiary/aromatic N) is 1. The number of anilines is 1. The van der Waals surface area contributed by atoms with E-state index in [4.69, 9.17) is 4.74 Å². The van der Waals surface area contributed by atoms with Crippen molar-refractivity contribution in [2.24, 2.45) is 0 Å². The van der Waals surface area contributed by atoms with Crippen LogP contribution in [0.3, 0.4) is 0 Å². The molecular weight excluding hydrogens is 374 g/mol. The summed E-state index contributed by atoms with van der Waals surface area (Å²) in [5.41, 5.74) is 3.42. The van der Waals surface area contributed by atoms with E-state index in [1.54, 1.807) is 5.38 Å². The second kappa shape index (κ2) is 9.66. The van der Waals surface area contributed by atoms with Crippen molar-refractivity contribution in [3.8, 4) is 0 Å². The molecule has 7 heteroatoms. The molecule has 1 heterocycles. The maximum atomic E-state index is 12.1. The summed E-state index contributed by atoms with van der Waals surface area (Å²) in [4.78, 5) is 28.2. The molecule has 2 aromatic carbocycles. The highest BCUT2D eigenvalue weighted by molar-refractivity contribution is 7.13. The van der Waals surface area contributed by atoms with Crippen LogP contribution in [-0.4, -0.2) is 23.5 Å². The Morgan fingerprint density at radius 1 is 1.04 bits per heavy atom.